The molecule has 10 nitrogen and oxygen atoms in total. The highest BCUT2D eigenvalue weighted by Crippen LogP contribution is 2.32. The van der Waals surface area contributed by atoms with Crippen molar-refractivity contribution in [2.45, 2.75) is 43.6 Å². The molecule has 180 valence electrons. The first-order valence-corrected chi connectivity index (χ1v) is 13.3. The highest BCUT2D eigenvalue weighted by molar-refractivity contribution is 7.92. The first-order valence-electron chi connectivity index (χ1n) is 10.3. The van der Waals surface area contributed by atoms with Gasteiger partial charge in [-0.15, -0.1) is 0 Å². The van der Waals surface area contributed by atoms with Gasteiger partial charge >= 0.3 is 5.76 Å². The van der Waals surface area contributed by atoms with Crippen molar-refractivity contribution in [3.05, 3.63) is 46.9 Å². The topological polar surface area (TPSA) is 128 Å². The average Bonchev–Trinajstić information content (AvgIpc) is 3.02. The summed E-state index contributed by atoms with van der Waals surface area (Å²) in [4.78, 5) is 11.5. The zero-order chi connectivity index (χ0) is 24.6. The van der Waals surface area contributed by atoms with Crippen LogP contribution >= 0.6 is 0 Å². The van der Waals surface area contributed by atoms with Crippen LogP contribution in [0.15, 0.2) is 55.4 Å². The number of hydrogen-bond donors (Lipinski definition) is 1. The number of fused-ring (bicyclic) bond motifs is 1. The first-order chi connectivity index (χ1) is 15.4. The summed E-state index contributed by atoms with van der Waals surface area (Å²) in [6, 6.07) is 8.07. The van der Waals surface area contributed by atoms with Crippen molar-refractivity contribution in [1.82, 2.24) is 8.87 Å². The lowest BCUT2D eigenvalue weighted by Gasteiger charge is -2.21. The van der Waals surface area contributed by atoms with Crippen LogP contribution in [0.25, 0.3) is 11.1 Å². The molecular formula is C21H27N3O7S2. The van der Waals surface area contributed by atoms with Crippen LogP contribution in [0, 0.1) is 0 Å². The summed E-state index contributed by atoms with van der Waals surface area (Å²) < 4.78 is 67.9. The maximum atomic E-state index is 13.1. The predicted octanol–water partition coefficient (Wildman–Crippen LogP) is 2.75. The van der Waals surface area contributed by atoms with Crippen molar-refractivity contribution in [2.75, 3.05) is 17.8 Å². The molecule has 0 amide bonds. The summed E-state index contributed by atoms with van der Waals surface area (Å²) in [6.45, 7) is 7.52. The van der Waals surface area contributed by atoms with Crippen molar-refractivity contribution < 1.29 is 26.0 Å². The third-order valence-corrected chi connectivity index (χ3v) is 8.38. The molecule has 0 aliphatic heterocycles. The van der Waals surface area contributed by atoms with E-state index in [-0.39, 0.29) is 46.0 Å². The molecule has 1 N–H and O–H groups in total. The normalized spacial score (nSPS) is 12.6. The van der Waals surface area contributed by atoms with Crippen LogP contribution in [-0.2, 0) is 27.1 Å². The zero-order valence-electron chi connectivity index (χ0n) is 19.0. The molecule has 12 heteroatoms. The van der Waals surface area contributed by atoms with E-state index in [9.17, 15) is 21.6 Å². The molecule has 0 bridgehead atoms. The van der Waals surface area contributed by atoms with Crippen molar-refractivity contribution in [3.63, 3.8) is 0 Å². The van der Waals surface area contributed by atoms with E-state index < -0.39 is 25.8 Å². The lowest BCUT2D eigenvalue weighted by molar-refractivity contribution is 0.243. The van der Waals surface area contributed by atoms with Gasteiger partial charge in [-0.3, -0.25) is 9.29 Å². The summed E-state index contributed by atoms with van der Waals surface area (Å²) >= 11 is 0. The molecule has 0 aliphatic rings. The molecule has 2 aromatic carbocycles. The van der Waals surface area contributed by atoms with Gasteiger partial charge in [-0.05, 0) is 44.2 Å². The Balaban J connectivity index is 2.08. The minimum Gasteiger partial charge on any atom is -0.489 e. The van der Waals surface area contributed by atoms with Crippen molar-refractivity contribution in [2.24, 2.45) is 7.05 Å². The van der Waals surface area contributed by atoms with Crippen molar-refractivity contribution in [1.29, 1.82) is 0 Å². The Hall–Kier alpha value is -2.83. The average molecular weight is 498 g/mol. The van der Waals surface area contributed by atoms with Gasteiger partial charge < -0.3 is 9.15 Å². The Morgan fingerprint density at radius 1 is 1.03 bits per heavy atom. The molecule has 0 aliphatic carbocycles. The van der Waals surface area contributed by atoms with Gasteiger partial charge in [0.25, 0.3) is 10.0 Å². The molecule has 0 radical (unpaired) electrons. The van der Waals surface area contributed by atoms with Crippen LogP contribution in [0.2, 0.25) is 0 Å². The van der Waals surface area contributed by atoms with Gasteiger partial charge in [0.2, 0.25) is 10.0 Å². The quantitative estimate of drug-likeness (QED) is 0.481. The van der Waals surface area contributed by atoms with Crippen LogP contribution < -0.4 is 15.2 Å². The molecular weight excluding hydrogens is 470 g/mol. The Morgan fingerprint density at radius 3 is 2.27 bits per heavy atom. The largest absolute Gasteiger partial charge is 0.489 e. The molecule has 0 saturated carbocycles. The standard InChI is InChI=1S/C21H27N3O7S2/c1-6-24(7-2)33(28,29)16-9-11-19(30-14(3)4)17(12-16)22-32(26,27)15-8-10-18-20(13-15)31-21(25)23(18)5/h8-14,22H,6-7H2,1-5H3. The molecule has 0 saturated heterocycles. The molecule has 3 rings (SSSR count). The minimum atomic E-state index is -4.17. The minimum absolute atomic E-state index is 0.0217. The van der Waals surface area contributed by atoms with E-state index in [1.165, 1.54) is 52.3 Å². The van der Waals surface area contributed by atoms with E-state index >= 15 is 0 Å². The summed E-state index contributed by atoms with van der Waals surface area (Å²) in [7, 11) is -6.49. The second-order valence-electron chi connectivity index (χ2n) is 7.58. The smallest absolute Gasteiger partial charge is 0.419 e. The van der Waals surface area contributed by atoms with E-state index in [2.05, 4.69) is 4.72 Å². The second-order valence-corrected chi connectivity index (χ2v) is 11.2. The molecule has 1 aromatic heterocycles. The number of hydrogen-bond acceptors (Lipinski definition) is 7. The SMILES string of the molecule is CCN(CC)S(=O)(=O)c1ccc(OC(C)C)c(NS(=O)(=O)c2ccc3c(c2)oc(=O)n3C)c1. The number of aryl methyl sites for hydroxylation is 1. The van der Waals surface area contributed by atoms with Crippen LogP contribution in [0.5, 0.6) is 5.75 Å². The van der Waals surface area contributed by atoms with E-state index in [4.69, 9.17) is 9.15 Å². The summed E-state index contributed by atoms with van der Waals surface area (Å²) in [5.74, 6) is -0.436. The Kier molecular flexibility index (Phi) is 6.91. The molecule has 33 heavy (non-hydrogen) atoms. The maximum absolute atomic E-state index is 13.1. The number of sulfonamides is 2. The number of ether oxygens (including phenoxy) is 1. The summed E-state index contributed by atoms with van der Waals surface area (Å²) in [6.07, 6.45) is -0.284. The van der Waals surface area contributed by atoms with E-state index in [0.717, 1.165) is 0 Å². The van der Waals surface area contributed by atoms with Crippen molar-refractivity contribution >= 4 is 36.8 Å². The first kappa shape index (κ1) is 24.8. The fraction of sp³-hybridized carbons (Fsp3) is 0.381. The van der Waals surface area contributed by atoms with Crippen molar-refractivity contribution in [3.8, 4) is 5.75 Å². The number of oxazole rings is 1. The maximum Gasteiger partial charge on any atom is 0.419 e. The third-order valence-electron chi connectivity index (χ3n) is 4.98. The third kappa shape index (κ3) is 4.92. The summed E-state index contributed by atoms with van der Waals surface area (Å²) in [5.41, 5.74) is 0.531. The molecule has 0 atom stereocenters. The Bertz CT molecular complexity index is 1430. The highest BCUT2D eigenvalue weighted by atomic mass is 32.2. The number of aromatic nitrogens is 1. The molecule has 0 spiro atoms. The van der Waals surface area contributed by atoms with Gasteiger partial charge in [-0.25, -0.2) is 21.6 Å². The fourth-order valence-corrected chi connectivity index (χ4v) is 5.86. The van der Waals surface area contributed by atoms with Gasteiger partial charge in [0.1, 0.15) is 5.75 Å². The lowest BCUT2D eigenvalue weighted by atomic mass is 10.3. The lowest BCUT2D eigenvalue weighted by Crippen LogP contribution is -2.30. The molecule has 0 unspecified atom stereocenters. The monoisotopic (exact) mass is 497 g/mol. The number of anilines is 1. The predicted molar refractivity (Wildman–Crippen MR) is 125 cm³/mol. The van der Waals surface area contributed by atoms with E-state index in [1.54, 1.807) is 27.7 Å². The van der Waals surface area contributed by atoms with Crippen LogP contribution in [-0.4, -0.2) is 44.9 Å². The van der Waals surface area contributed by atoms with Gasteiger partial charge in [-0.2, -0.15) is 4.31 Å². The number of nitrogens with zero attached hydrogens (tertiary/aromatic N) is 2. The second kappa shape index (κ2) is 9.20. The zero-order valence-corrected chi connectivity index (χ0v) is 20.7. The van der Waals surface area contributed by atoms with Gasteiger partial charge in [0.05, 0.1) is 27.1 Å². The highest BCUT2D eigenvalue weighted by Gasteiger charge is 2.25. The number of rotatable bonds is 9. The van der Waals surface area contributed by atoms with Crippen LogP contribution in [0.1, 0.15) is 27.7 Å². The van der Waals surface area contributed by atoms with Crippen LogP contribution in [0.4, 0.5) is 5.69 Å². The fourth-order valence-electron chi connectivity index (χ4n) is 3.30. The van der Waals surface area contributed by atoms with Gasteiger partial charge in [-0.1, -0.05) is 13.8 Å². The van der Waals surface area contributed by atoms with Crippen LogP contribution in [0.3, 0.4) is 0 Å². The molecule has 0 fully saturated rings. The molecule has 1 heterocycles. The molecule has 3 aromatic rings. The number of nitrogens with one attached hydrogen (secondary N) is 1. The van der Waals surface area contributed by atoms with E-state index in [1.807, 2.05) is 0 Å². The number of benzene rings is 2. The van der Waals surface area contributed by atoms with Gasteiger partial charge in [0.15, 0.2) is 5.58 Å². The summed E-state index contributed by atoms with van der Waals surface area (Å²) in [5, 5.41) is 0. The Morgan fingerprint density at radius 2 is 1.67 bits per heavy atom. The van der Waals surface area contributed by atoms with Gasteiger partial charge in [0, 0.05) is 26.2 Å². The van der Waals surface area contributed by atoms with E-state index in [0.29, 0.717) is 5.52 Å². The Labute approximate surface area is 192 Å².